The van der Waals surface area contributed by atoms with Crippen LogP contribution in [-0.4, -0.2) is 37.9 Å². The number of imidazole rings is 1. The highest BCUT2D eigenvalue weighted by Gasteiger charge is 2.38. The van der Waals surface area contributed by atoms with Gasteiger partial charge in [0.1, 0.15) is 11.5 Å². The van der Waals surface area contributed by atoms with E-state index in [1.807, 2.05) is 66.2 Å². The Balaban J connectivity index is 0.000000360. The van der Waals surface area contributed by atoms with E-state index >= 15 is 0 Å². The topological polar surface area (TPSA) is 110 Å². The molecule has 0 aliphatic carbocycles. The fourth-order valence-corrected chi connectivity index (χ4v) is 2.78. The van der Waals surface area contributed by atoms with Crippen molar-refractivity contribution in [1.82, 2.24) is 14.7 Å². The maximum Gasteiger partial charge on any atom is 0.490 e. The van der Waals surface area contributed by atoms with Gasteiger partial charge in [-0.05, 0) is 43.3 Å². The first-order valence-corrected chi connectivity index (χ1v) is 9.19. The zero-order valence-corrected chi connectivity index (χ0v) is 16.6. The minimum atomic E-state index is -5.08. The normalized spacial score (nSPS) is 11.0. The van der Waals surface area contributed by atoms with Crippen LogP contribution >= 0.6 is 0 Å². The molecule has 0 radical (unpaired) electrons. The van der Waals surface area contributed by atoms with Crippen LogP contribution in [0.4, 0.5) is 18.9 Å². The second kappa shape index (κ2) is 9.33. The van der Waals surface area contributed by atoms with E-state index in [-0.39, 0.29) is 12.3 Å². The van der Waals surface area contributed by atoms with Gasteiger partial charge in [-0.25, -0.2) is 9.78 Å². The summed E-state index contributed by atoms with van der Waals surface area (Å²) in [7, 11) is 0. The number of alkyl halides is 3. The Morgan fingerprint density at radius 1 is 1.12 bits per heavy atom. The number of anilines is 1. The van der Waals surface area contributed by atoms with Crippen LogP contribution in [0.5, 0.6) is 0 Å². The number of carbonyl (C=O) groups is 2. The number of para-hydroxylation sites is 1. The Kier molecular flexibility index (Phi) is 6.57. The lowest BCUT2D eigenvalue weighted by molar-refractivity contribution is -0.192. The van der Waals surface area contributed by atoms with Gasteiger partial charge >= 0.3 is 12.1 Å². The number of benzene rings is 2. The Morgan fingerprint density at radius 3 is 2.38 bits per heavy atom. The molecule has 2 aromatic heterocycles. The number of aryl methyl sites for hydroxylation is 1. The van der Waals surface area contributed by atoms with Gasteiger partial charge in [-0.1, -0.05) is 17.3 Å². The lowest BCUT2D eigenvalue weighted by Gasteiger charge is -2.08. The average molecular weight is 446 g/mol. The van der Waals surface area contributed by atoms with Gasteiger partial charge in [-0.2, -0.15) is 13.2 Å². The molecule has 4 aromatic rings. The monoisotopic (exact) mass is 446 g/mol. The maximum atomic E-state index is 12.3. The van der Waals surface area contributed by atoms with Gasteiger partial charge in [-0.3, -0.25) is 4.79 Å². The van der Waals surface area contributed by atoms with Crippen LogP contribution < -0.4 is 5.32 Å². The predicted octanol–water partition coefficient (Wildman–Crippen LogP) is 4.14. The molecule has 0 aliphatic rings. The van der Waals surface area contributed by atoms with Crippen LogP contribution in [0.25, 0.3) is 16.7 Å². The Labute approximate surface area is 179 Å². The third kappa shape index (κ3) is 5.50. The number of carboxylic acid groups (broad SMARTS) is 1. The molecule has 0 bridgehead atoms. The van der Waals surface area contributed by atoms with Crippen LogP contribution in [0.2, 0.25) is 0 Å². The smallest absolute Gasteiger partial charge is 0.475 e. The van der Waals surface area contributed by atoms with Crippen LogP contribution in [0.15, 0.2) is 65.4 Å². The van der Waals surface area contributed by atoms with Gasteiger partial charge in [-0.15, -0.1) is 0 Å². The molecular weight excluding hydrogens is 429 g/mol. The van der Waals surface area contributed by atoms with Crippen molar-refractivity contribution in [2.24, 2.45) is 0 Å². The summed E-state index contributed by atoms with van der Waals surface area (Å²) >= 11 is 0. The number of hydrogen-bond donors (Lipinski definition) is 2. The van der Waals surface area contributed by atoms with Crippen molar-refractivity contribution in [2.45, 2.75) is 19.5 Å². The van der Waals surface area contributed by atoms with Crippen LogP contribution in [0, 0.1) is 6.92 Å². The van der Waals surface area contributed by atoms with Crippen molar-refractivity contribution in [1.29, 1.82) is 0 Å². The molecule has 2 aromatic carbocycles. The first-order valence-electron chi connectivity index (χ1n) is 9.19. The number of hydrogen-bond acceptors (Lipinski definition) is 5. The second-order valence-corrected chi connectivity index (χ2v) is 6.54. The van der Waals surface area contributed by atoms with E-state index in [1.54, 1.807) is 6.20 Å². The SMILES string of the molecule is Cc1nccn1-c1ccc(NC(=O)Cc2noc3ccccc23)cc1.O=C(O)C(F)(F)F. The van der Waals surface area contributed by atoms with Gasteiger partial charge in [0.05, 0.1) is 6.42 Å². The number of carboxylic acids is 1. The summed E-state index contributed by atoms with van der Waals surface area (Å²) in [5, 5.41) is 14.9. The van der Waals surface area contributed by atoms with Crippen LogP contribution in [0.3, 0.4) is 0 Å². The van der Waals surface area contributed by atoms with E-state index in [1.165, 1.54) is 0 Å². The number of fused-ring (bicyclic) bond motifs is 1. The third-order valence-electron chi connectivity index (χ3n) is 4.28. The molecule has 32 heavy (non-hydrogen) atoms. The van der Waals surface area contributed by atoms with Crippen molar-refractivity contribution in [3.05, 3.63) is 72.4 Å². The molecule has 8 nitrogen and oxygen atoms in total. The zero-order valence-electron chi connectivity index (χ0n) is 16.6. The fourth-order valence-electron chi connectivity index (χ4n) is 2.78. The predicted molar refractivity (Wildman–Crippen MR) is 108 cm³/mol. The molecule has 166 valence electrons. The van der Waals surface area contributed by atoms with E-state index in [2.05, 4.69) is 15.5 Å². The molecule has 0 spiro atoms. The van der Waals surface area contributed by atoms with Gasteiger partial charge < -0.3 is 19.5 Å². The Morgan fingerprint density at radius 2 is 1.78 bits per heavy atom. The van der Waals surface area contributed by atoms with Crippen molar-refractivity contribution < 1.29 is 32.4 Å². The number of halogens is 3. The number of rotatable bonds is 4. The molecule has 0 fully saturated rings. The summed E-state index contributed by atoms with van der Waals surface area (Å²) in [5.74, 6) is -1.98. The summed E-state index contributed by atoms with van der Waals surface area (Å²) in [6.07, 6.45) is -1.26. The molecular formula is C21H17F3N4O4. The van der Waals surface area contributed by atoms with Crippen LogP contribution in [0.1, 0.15) is 11.5 Å². The van der Waals surface area contributed by atoms with E-state index in [9.17, 15) is 18.0 Å². The number of aromatic nitrogens is 3. The number of aliphatic carboxylic acids is 1. The van der Waals surface area contributed by atoms with Crippen LogP contribution in [-0.2, 0) is 16.0 Å². The maximum absolute atomic E-state index is 12.3. The summed E-state index contributed by atoms with van der Waals surface area (Å²) in [6.45, 7) is 1.94. The molecule has 0 atom stereocenters. The Bertz CT molecular complexity index is 1230. The molecule has 1 amide bonds. The number of nitrogens with zero attached hydrogens (tertiary/aromatic N) is 3. The van der Waals surface area contributed by atoms with Crippen molar-refractivity contribution in [3.63, 3.8) is 0 Å². The molecule has 11 heteroatoms. The number of carbonyl (C=O) groups excluding carboxylic acids is 1. The molecule has 2 heterocycles. The second-order valence-electron chi connectivity index (χ2n) is 6.54. The summed E-state index contributed by atoms with van der Waals surface area (Å²) in [5.41, 5.74) is 3.05. The molecule has 0 saturated heterocycles. The number of amides is 1. The highest BCUT2D eigenvalue weighted by molar-refractivity contribution is 5.94. The van der Waals surface area contributed by atoms with E-state index in [0.29, 0.717) is 11.3 Å². The first kappa shape index (κ1) is 22.5. The molecule has 0 aliphatic heterocycles. The summed E-state index contributed by atoms with van der Waals surface area (Å²) in [6, 6.07) is 15.1. The third-order valence-corrected chi connectivity index (χ3v) is 4.28. The van der Waals surface area contributed by atoms with E-state index in [4.69, 9.17) is 14.4 Å². The van der Waals surface area contributed by atoms with Gasteiger partial charge in [0.2, 0.25) is 5.91 Å². The van der Waals surface area contributed by atoms with E-state index in [0.717, 1.165) is 22.6 Å². The average Bonchev–Trinajstić information content (AvgIpc) is 3.35. The van der Waals surface area contributed by atoms with Crippen molar-refractivity contribution in [2.75, 3.05) is 5.32 Å². The fraction of sp³-hybridized carbons (Fsp3) is 0.143. The van der Waals surface area contributed by atoms with Gasteiger partial charge in [0.15, 0.2) is 5.58 Å². The highest BCUT2D eigenvalue weighted by atomic mass is 19.4. The molecule has 0 saturated carbocycles. The lowest BCUT2D eigenvalue weighted by Crippen LogP contribution is -2.21. The first-order chi connectivity index (χ1) is 15.1. The highest BCUT2D eigenvalue weighted by Crippen LogP contribution is 2.19. The molecule has 0 unspecified atom stereocenters. The largest absolute Gasteiger partial charge is 0.490 e. The van der Waals surface area contributed by atoms with Gasteiger partial charge in [0.25, 0.3) is 0 Å². The Hall–Kier alpha value is -4.15. The summed E-state index contributed by atoms with van der Waals surface area (Å²) in [4.78, 5) is 25.4. The van der Waals surface area contributed by atoms with Crippen molar-refractivity contribution >= 4 is 28.5 Å². The molecule has 2 N–H and O–H groups in total. The van der Waals surface area contributed by atoms with Gasteiger partial charge in [0, 0.05) is 29.2 Å². The zero-order chi connectivity index (χ0) is 23.3. The quantitative estimate of drug-likeness (QED) is 0.488. The minimum absolute atomic E-state index is 0.134. The minimum Gasteiger partial charge on any atom is -0.475 e. The number of nitrogens with one attached hydrogen (secondary N) is 1. The van der Waals surface area contributed by atoms with Crippen molar-refractivity contribution in [3.8, 4) is 5.69 Å². The lowest BCUT2D eigenvalue weighted by atomic mass is 10.1. The molecule has 4 rings (SSSR count). The van der Waals surface area contributed by atoms with E-state index < -0.39 is 12.1 Å². The summed E-state index contributed by atoms with van der Waals surface area (Å²) < 4.78 is 38.9. The standard InChI is InChI=1S/C19H16N4O2.C2HF3O2/c1-13-20-10-11-23(13)15-8-6-14(7-9-15)21-19(24)12-17-16-4-2-3-5-18(16)25-22-17;3-2(4,5)1(6)7/h2-11H,12H2,1H3,(H,21,24);(H,6,7).